The Balaban J connectivity index is 1.81. The summed E-state index contributed by atoms with van der Waals surface area (Å²) < 4.78 is 10.9. The summed E-state index contributed by atoms with van der Waals surface area (Å²) in [4.78, 5) is 14.5. The van der Waals surface area contributed by atoms with Crippen LogP contribution >= 0.6 is 0 Å². The lowest BCUT2D eigenvalue weighted by Crippen LogP contribution is -2.11. The van der Waals surface area contributed by atoms with Crippen LogP contribution < -0.4 is 4.74 Å². The molecule has 5 nitrogen and oxygen atoms in total. The summed E-state index contributed by atoms with van der Waals surface area (Å²) in [5.74, 6) is -0.509. The Hall–Kier alpha value is -1.62. The fourth-order valence-corrected chi connectivity index (χ4v) is 1.79. The smallest absolute Gasteiger partial charge is 0.337 e. The zero-order valence-corrected chi connectivity index (χ0v) is 9.46. The molecule has 2 heterocycles. The van der Waals surface area contributed by atoms with Gasteiger partial charge in [-0.25, -0.2) is 4.79 Å². The molecular weight excluding hydrogens is 222 g/mol. The summed E-state index contributed by atoms with van der Waals surface area (Å²) >= 11 is 0. The van der Waals surface area contributed by atoms with Crippen molar-refractivity contribution >= 4 is 5.97 Å². The van der Waals surface area contributed by atoms with Gasteiger partial charge in [-0.1, -0.05) is 0 Å². The van der Waals surface area contributed by atoms with E-state index in [1.54, 1.807) is 0 Å². The maximum Gasteiger partial charge on any atom is 0.337 e. The van der Waals surface area contributed by atoms with Crippen molar-refractivity contribution in [1.29, 1.82) is 0 Å². The molecule has 5 heteroatoms. The number of pyridine rings is 1. The van der Waals surface area contributed by atoms with Gasteiger partial charge in [0.2, 0.25) is 0 Å². The molecule has 1 N–H and O–H groups in total. The highest BCUT2D eigenvalue weighted by atomic mass is 16.5. The van der Waals surface area contributed by atoms with Crippen LogP contribution in [0.1, 0.15) is 29.6 Å². The van der Waals surface area contributed by atoms with Gasteiger partial charge < -0.3 is 14.6 Å². The lowest BCUT2D eigenvalue weighted by molar-refractivity contribution is 0.0695. The van der Waals surface area contributed by atoms with E-state index in [4.69, 9.17) is 14.6 Å². The molecule has 1 aromatic heterocycles. The molecule has 2 rings (SSSR count). The normalized spacial score (nSPS) is 19.2. The third kappa shape index (κ3) is 3.42. The molecule has 1 aliphatic rings. The van der Waals surface area contributed by atoms with Crippen LogP contribution in [0.2, 0.25) is 0 Å². The summed E-state index contributed by atoms with van der Waals surface area (Å²) in [5, 5.41) is 8.79. The van der Waals surface area contributed by atoms with E-state index in [0.29, 0.717) is 12.4 Å². The number of carboxylic acids is 1. The number of hydrogen-bond acceptors (Lipinski definition) is 4. The molecule has 0 radical (unpaired) electrons. The van der Waals surface area contributed by atoms with Crippen LogP contribution in [0, 0.1) is 0 Å². The monoisotopic (exact) mass is 237 g/mol. The molecule has 0 spiro atoms. The van der Waals surface area contributed by atoms with E-state index < -0.39 is 5.97 Å². The van der Waals surface area contributed by atoms with Gasteiger partial charge in [-0.3, -0.25) is 4.98 Å². The minimum atomic E-state index is -0.998. The second-order valence-corrected chi connectivity index (χ2v) is 3.99. The minimum absolute atomic E-state index is 0.139. The first-order valence-electron chi connectivity index (χ1n) is 5.68. The van der Waals surface area contributed by atoms with Crippen molar-refractivity contribution in [3.8, 4) is 5.75 Å². The maximum atomic E-state index is 10.7. The summed E-state index contributed by atoms with van der Waals surface area (Å²) in [7, 11) is 0. The SMILES string of the molecule is O=C(O)c1cncc(OCCC2CCCO2)c1. The summed E-state index contributed by atoms with van der Waals surface area (Å²) in [5.41, 5.74) is 0.139. The molecule has 1 atom stereocenters. The van der Waals surface area contributed by atoms with Gasteiger partial charge in [0.25, 0.3) is 0 Å². The number of carbonyl (C=O) groups is 1. The fourth-order valence-electron chi connectivity index (χ4n) is 1.79. The lowest BCUT2D eigenvalue weighted by atomic mass is 10.2. The third-order valence-electron chi connectivity index (χ3n) is 2.69. The topological polar surface area (TPSA) is 68.7 Å². The number of hydrogen-bond donors (Lipinski definition) is 1. The van der Waals surface area contributed by atoms with Gasteiger partial charge in [0.05, 0.1) is 24.5 Å². The predicted octanol–water partition coefficient (Wildman–Crippen LogP) is 1.73. The highest BCUT2D eigenvalue weighted by Crippen LogP contribution is 2.17. The van der Waals surface area contributed by atoms with Crippen LogP contribution in [-0.2, 0) is 4.74 Å². The molecule has 0 bridgehead atoms. The number of ether oxygens (including phenoxy) is 2. The summed E-state index contributed by atoms with van der Waals surface area (Å²) in [6, 6.07) is 1.48. The van der Waals surface area contributed by atoms with Crippen molar-refractivity contribution in [2.75, 3.05) is 13.2 Å². The highest BCUT2D eigenvalue weighted by molar-refractivity contribution is 5.87. The first-order chi connectivity index (χ1) is 8.25. The molecule has 0 saturated carbocycles. The van der Waals surface area contributed by atoms with Crippen LogP contribution in [0.15, 0.2) is 18.5 Å². The Bertz CT molecular complexity index is 388. The van der Waals surface area contributed by atoms with Gasteiger partial charge in [-0.05, 0) is 18.9 Å². The molecule has 1 saturated heterocycles. The molecule has 1 unspecified atom stereocenters. The van der Waals surface area contributed by atoms with Crippen LogP contribution in [0.5, 0.6) is 5.75 Å². The van der Waals surface area contributed by atoms with E-state index in [-0.39, 0.29) is 11.7 Å². The Labute approximate surface area is 99.4 Å². The Kier molecular flexibility index (Phi) is 3.93. The van der Waals surface area contributed by atoms with Crippen molar-refractivity contribution in [2.24, 2.45) is 0 Å². The van der Waals surface area contributed by atoms with E-state index in [1.165, 1.54) is 18.5 Å². The standard InChI is InChI=1S/C12H15NO4/c14-12(15)9-6-11(8-13-7-9)17-5-3-10-2-1-4-16-10/h6-8,10H,1-5H2,(H,14,15). The molecule has 17 heavy (non-hydrogen) atoms. The average Bonchev–Trinajstić information content (AvgIpc) is 2.82. The van der Waals surface area contributed by atoms with E-state index in [9.17, 15) is 4.79 Å². The van der Waals surface area contributed by atoms with Gasteiger partial charge in [-0.15, -0.1) is 0 Å². The number of carboxylic acid groups (broad SMARTS) is 1. The number of rotatable bonds is 5. The summed E-state index contributed by atoms with van der Waals surface area (Å²) in [6.45, 7) is 1.36. The maximum absolute atomic E-state index is 10.7. The quantitative estimate of drug-likeness (QED) is 0.844. The molecule has 92 valence electrons. The molecule has 0 aliphatic carbocycles. The Morgan fingerprint density at radius 3 is 3.18 bits per heavy atom. The molecule has 0 amide bonds. The fraction of sp³-hybridized carbons (Fsp3) is 0.500. The first kappa shape index (κ1) is 11.9. The molecular formula is C12H15NO4. The second kappa shape index (κ2) is 5.63. The largest absolute Gasteiger partial charge is 0.492 e. The third-order valence-corrected chi connectivity index (χ3v) is 2.69. The van der Waals surface area contributed by atoms with Gasteiger partial charge in [0.15, 0.2) is 0 Å². The van der Waals surface area contributed by atoms with E-state index in [2.05, 4.69) is 4.98 Å². The number of nitrogens with zero attached hydrogens (tertiary/aromatic N) is 1. The van der Waals surface area contributed by atoms with Crippen LogP contribution in [0.3, 0.4) is 0 Å². The Morgan fingerprint density at radius 2 is 2.47 bits per heavy atom. The molecule has 0 aromatic carbocycles. The molecule has 1 aliphatic heterocycles. The van der Waals surface area contributed by atoms with Gasteiger partial charge in [0, 0.05) is 19.2 Å². The zero-order chi connectivity index (χ0) is 12.1. The minimum Gasteiger partial charge on any atom is -0.492 e. The van der Waals surface area contributed by atoms with Crippen LogP contribution in [-0.4, -0.2) is 35.4 Å². The van der Waals surface area contributed by atoms with Crippen molar-refractivity contribution in [3.63, 3.8) is 0 Å². The van der Waals surface area contributed by atoms with Crippen molar-refractivity contribution < 1.29 is 19.4 Å². The van der Waals surface area contributed by atoms with Gasteiger partial charge >= 0.3 is 5.97 Å². The summed E-state index contributed by atoms with van der Waals surface area (Å²) in [6.07, 6.45) is 6.12. The number of aromatic nitrogens is 1. The zero-order valence-electron chi connectivity index (χ0n) is 9.46. The van der Waals surface area contributed by atoms with Gasteiger partial charge in [0.1, 0.15) is 5.75 Å². The van der Waals surface area contributed by atoms with E-state index >= 15 is 0 Å². The van der Waals surface area contributed by atoms with Crippen LogP contribution in [0.25, 0.3) is 0 Å². The molecule has 1 aromatic rings. The lowest BCUT2D eigenvalue weighted by Gasteiger charge is -2.10. The van der Waals surface area contributed by atoms with E-state index in [1.807, 2.05) is 0 Å². The average molecular weight is 237 g/mol. The van der Waals surface area contributed by atoms with Crippen molar-refractivity contribution in [3.05, 3.63) is 24.0 Å². The van der Waals surface area contributed by atoms with Crippen molar-refractivity contribution in [1.82, 2.24) is 4.98 Å². The van der Waals surface area contributed by atoms with Crippen LogP contribution in [0.4, 0.5) is 0 Å². The molecule has 1 fully saturated rings. The van der Waals surface area contributed by atoms with Gasteiger partial charge in [-0.2, -0.15) is 0 Å². The number of aromatic carboxylic acids is 1. The van der Waals surface area contributed by atoms with E-state index in [0.717, 1.165) is 25.9 Å². The second-order valence-electron chi connectivity index (χ2n) is 3.99. The predicted molar refractivity (Wildman–Crippen MR) is 60.3 cm³/mol. The first-order valence-corrected chi connectivity index (χ1v) is 5.68. The Morgan fingerprint density at radius 1 is 1.59 bits per heavy atom. The van der Waals surface area contributed by atoms with Crippen molar-refractivity contribution in [2.45, 2.75) is 25.4 Å². The highest BCUT2D eigenvalue weighted by Gasteiger charge is 2.15.